The van der Waals surface area contributed by atoms with Gasteiger partial charge in [-0.05, 0) is 140 Å². The Bertz CT molecular complexity index is 4000. The predicted octanol–water partition coefficient (Wildman–Crippen LogP) is 17.3. The van der Waals surface area contributed by atoms with Crippen LogP contribution in [0.3, 0.4) is 0 Å². The van der Waals surface area contributed by atoms with Gasteiger partial charge in [0.05, 0.1) is 17.6 Å². The molecule has 0 aliphatic carbocycles. The Hall–Kier alpha value is -8.51. The SMILES string of the molecule is [C-]#[N+]c1ccc(-c2ccc(-c3c4ccccc4c(-c4ccc5c(c4)c4ccccc4c4cc6c(cc54)c4cc5ccccc5cc4n6-c4ccccc4)c4ccccc34)cc2)cc1. The van der Waals surface area contributed by atoms with Crippen LogP contribution in [0.4, 0.5) is 5.69 Å². The van der Waals surface area contributed by atoms with Gasteiger partial charge in [-0.25, -0.2) is 4.85 Å². The fraction of sp³-hybridized carbons (Fsp3) is 0. The van der Waals surface area contributed by atoms with Crippen LogP contribution in [-0.2, 0) is 0 Å². The molecule has 0 spiro atoms. The molecule has 0 aliphatic heterocycles. The Labute approximate surface area is 363 Å². The van der Waals surface area contributed by atoms with Gasteiger partial charge in [-0.3, -0.25) is 0 Å². The topological polar surface area (TPSA) is 9.29 Å². The molecule has 0 fully saturated rings. The normalized spacial score (nSPS) is 11.8. The fourth-order valence-corrected chi connectivity index (χ4v) is 10.5. The maximum Gasteiger partial charge on any atom is 0.187 e. The van der Waals surface area contributed by atoms with Crippen LogP contribution in [0.15, 0.2) is 218 Å². The lowest BCUT2D eigenvalue weighted by Crippen LogP contribution is -1.94. The molecular formula is C61H36N2. The first-order valence-electron chi connectivity index (χ1n) is 21.5. The van der Waals surface area contributed by atoms with Gasteiger partial charge in [0, 0.05) is 16.5 Å². The highest BCUT2D eigenvalue weighted by atomic mass is 15.0. The summed E-state index contributed by atoms with van der Waals surface area (Å²) in [7, 11) is 0. The summed E-state index contributed by atoms with van der Waals surface area (Å²) < 4.78 is 2.45. The fourth-order valence-electron chi connectivity index (χ4n) is 10.5. The molecule has 0 bridgehead atoms. The minimum Gasteiger partial charge on any atom is -0.309 e. The number of rotatable bonds is 4. The van der Waals surface area contributed by atoms with Gasteiger partial charge in [-0.15, -0.1) is 0 Å². The summed E-state index contributed by atoms with van der Waals surface area (Å²) in [5, 5.41) is 17.5. The Morgan fingerprint density at radius 3 is 1.33 bits per heavy atom. The maximum absolute atomic E-state index is 7.35. The molecule has 2 heteroatoms. The van der Waals surface area contributed by atoms with Crippen molar-refractivity contribution >= 4 is 92.1 Å². The number of nitrogens with zero attached hydrogens (tertiary/aromatic N) is 2. The van der Waals surface area contributed by atoms with Gasteiger partial charge < -0.3 is 4.57 Å². The lowest BCUT2D eigenvalue weighted by Gasteiger charge is -2.19. The zero-order valence-electron chi connectivity index (χ0n) is 34.2. The highest BCUT2D eigenvalue weighted by molar-refractivity contribution is 6.30. The molecule has 2 nitrogen and oxygen atoms in total. The van der Waals surface area contributed by atoms with E-state index in [2.05, 4.69) is 204 Å². The number of hydrogen-bond acceptors (Lipinski definition) is 0. The zero-order valence-corrected chi connectivity index (χ0v) is 34.2. The second kappa shape index (κ2) is 13.8. The molecule has 0 saturated carbocycles. The van der Waals surface area contributed by atoms with Crippen LogP contribution in [0, 0.1) is 6.57 Å². The third-order valence-electron chi connectivity index (χ3n) is 13.3. The van der Waals surface area contributed by atoms with Crippen molar-refractivity contribution in [3.63, 3.8) is 0 Å². The molecule has 0 N–H and O–H groups in total. The minimum absolute atomic E-state index is 0.653. The summed E-state index contributed by atoms with van der Waals surface area (Å²) in [6.45, 7) is 7.35. The van der Waals surface area contributed by atoms with Gasteiger partial charge in [-0.1, -0.05) is 176 Å². The molecule has 0 amide bonds. The molecule has 0 saturated heterocycles. The molecule has 1 heterocycles. The molecule has 0 aliphatic rings. The molecule has 1 aromatic heterocycles. The number of fused-ring (bicyclic) bond motifs is 12. The number of benzene rings is 12. The molecule has 13 rings (SSSR count). The summed E-state index contributed by atoms with van der Waals surface area (Å²) in [5.74, 6) is 0. The van der Waals surface area contributed by atoms with Crippen molar-refractivity contribution in [2.24, 2.45) is 0 Å². The van der Waals surface area contributed by atoms with Crippen molar-refractivity contribution in [1.82, 2.24) is 4.57 Å². The van der Waals surface area contributed by atoms with Crippen LogP contribution < -0.4 is 0 Å². The minimum atomic E-state index is 0.653. The Kier molecular flexibility index (Phi) is 7.70. The Morgan fingerprint density at radius 1 is 0.286 bits per heavy atom. The van der Waals surface area contributed by atoms with Gasteiger partial charge in [-0.2, -0.15) is 0 Å². The Balaban J connectivity index is 1.05. The predicted molar refractivity (Wildman–Crippen MR) is 268 cm³/mol. The highest BCUT2D eigenvalue weighted by Gasteiger charge is 2.20. The van der Waals surface area contributed by atoms with E-state index in [1.165, 1.54) is 109 Å². The van der Waals surface area contributed by atoms with Crippen molar-refractivity contribution in [3.8, 4) is 39.1 Å². The average Bonchev–Trinajstić information content (AvgIpc) is 3.66. The van der Waals surface area contributed by atoms with E-state index in [1.54, 1.807) is 0 Å². The summed E-state index contributed by atoms with van der Waals surface area (Å²) in [4.78, 5) is 3.57. The van der Waals surface area contributed by atoms with Crippen LogP contribution in [0.5, 0.6) is 0 Å². The second-order valence-corrected chi connectivity index (χ2v) is 16.7. The summed E-state index contributed by atoms with van der Waals surface area (Å²) in [6, 6.07) is 79.8. The van der Waals surface area contributed by atoms with E-state index in [4.69, 9.17) is 6.57 Å². The van der Waals surface area contributed by atoms with Crippen LogP contribution in [0.1, 0.15) is 0 Å². The van der Waals surface area contributed by atoms with E-state index in [-0.39, 0.29) is 0 Å². The molecule has 12 aromatic carbocycles. The summed E-state index contributed by atoms with van der Waals surface area (Å²) in [5.41, 5.74) is 11.4. The van der Waals surface area contributed by atoms with E-state index in [1.807, 2.05) is 24.3 Å². The highest BCUT2D eigenvalue weighted by Crippen LogP contribution is 2.47. The van der Waals surface area contributed by atoms with Crippen molar-refractivity contribution < 1.29 is 0 Å². The monoisotopic (exact) mass is 796 g/mol. The molecule has 13 aromatic rings. The molecule has 0 atom stereocenters. The van der Waals surface area contributed by atoms with Gasteiger partial charge in [0.15, 0.2) is 5.69 Å². The van der Waals surface area contributed by atoms with Crippen LogP contribution >= 0.6 is 0 Å². The first-order valence-corrected chi connectivity index (χ1v) is 21.5. The number of aromatic nitrogens is 1. The third kappa shape index (κ3) is 5.37. The zero-order chi connectivity index (χ0) is 41.6. The van der Waals surface area contributed by atoms with Crippen LogP contribution in [0.2, 0.25) is 0 Å². The second-order valence-electron chi connectivity index (χ2n) is 16.7. The van der Waals surface area contributed by atoms with Gasteiger partial charge in [0.2, 0.25) is 0 Å². The average molecular weight is 797 g/mol. The first-order chi connectivity index (χ1) is 31.2. The van der Waals surface area contributed by atoms with E-state index in [0.29, 0.717) is 5.69 Å². The van der Waals surface area contributed by atoms with Crippen molar-refractivity contribution in [2.75, 3.05) is 0 Å². The number of para-hydroxylation sites is 1. The van der Waals surface area contributed by atoms with E-state index in [0.717, 1.165) is 16.8 Å². The molecule has 63 heavy (non-hydrogen) atoms. The van der Waals surface area contributed by atoms with Gasteiger partial charge in [0.25, 0.3) is 0 Å². The lowest BCUT2D eigenvalue weighted by molar-refractivity contribution is 1.18. The third-order valence-corrected chi connectivity index (χ3v) is 13.3. The van der Waals surface area contributed by atoms with Gasteiger partial charge in [0.1, 0.15) is 0 Å². The largest absolute Gasteiger partial charge is 0.309 e. The first kappa shape index (κ1) is 35.3. The van der Waals surface area contributed by atoms with E-state index in [9.17, 15) is 0 Å². The van der Waals surface area contributed by atoms with Crippen molar-refractivity contribution in [3.05, 3.63) is 230 Å². The van der Waals surface area contributed by atoms with Crippen LogP contribution in [-0.4, -0.2) is 4.57 Å². The van der Waals surface area contributed by atoms with Crippen molar-refractivity contribution in [2.45, 2.75) is 0 Å². The van der Waals surface area contributed by atoms with Crippen molar-refractivity contribution in [1.29, 1.82) is 0 Å². The summed E-state index contributed by atoms with van der Waals surface area (Å²) in [6.07, 6.45) is 0. The van der Waals surface area contributed by atoms with E-state index < -0.39 is 0 Å². The standard InChI is InChI=1S/C61H36N2/c1-62-44-30-27-39(28-31-44)38-23-25-40(26-24-38)60-49-19-9-11-21-51(49)61(52-22-12-10-20-50(52)60)43-29-32-48-53(34-43)46-17-7-8-18-47(46)55-37-59-57(36-54(48)55)56-33-41-13-5-6-14-42(41)35-58(56)63(59)45-15-3-2-4-16-45/h2-37H. The lowest BCUT2D eigenvalue weighted by atomic mass is 9.84. The number of hydrogen-bond donors (Lipinski definition) is 0. The molecule has 290 valence electrons. The molecule has 0 unspecified atom stereocenters. The van der Waals surface area contributed by atoms with Crippen LogP contribution in [0.25, 0.3) is 130 Å². The summed E-state index contributed by atoms with van der Waals surface area (Å²) >= 11 is 0. The Morgan fingerprint density at radius 2 is 0.714 bits per heavy atom. The van der Waals surface area contributed by atoms with E-state index >= 15 is 0 Å². The van der Waals surface area contributed by atoms with Gasteiger partial charge >= 0.3 is 0 Å². The maximum atomic E-state index is 7.35. The smallest absolute Gasteiger partial charge is 0.187 e. The molecular weight excluding hydrogens is 761 g/mol. The quantitative estimate of drug-likeness (QED) is 0.0953. The molecule has 0 radical (unpaired) electrons.